The van der Waals surface area contributed by atoms with Gasteiger partial charge < -0.3 is 24.0 Å². The van der Waals surface area contributed by atoms with Gasteiger partial charge in [-0.05, 0) is 66.6 Å². The number of anilines is 4. The molecule has 3 heterocycles. The van der Waals surface area contributed by atoms with Crippen LogP contribution in [0.4, 0.5) is 27.7 Å². The smallest absolute Gasteiger partial charge is 0.232 e. The maximum Gasteiger partial charge on any atom is 0.232 e. The molecule has 13 nitrogen and oxygen atoms in total. The van der Waals surface area contributed by atoms with Gasteiger partial charge in [-0.1, -0.05) is 24.3 Å². The maximum absolute atomic E-state index is 15.6. The lowest BCUT2D eigenvalue weighted by Crippen LogP contribution is -2.23. The molecule has 0 atom stereocenters. The molecule has 0 aliphatic carbocycles. The molecule has 0 saturated carbocycles. The number of ether oxygens (including phenoxy) is 3. The summed E-state index contributed by atoms with van der Waals surface area (Å²) in [5.74, 6) is 2.06. The molecule has 6 aromatic rings. The fourth-order valence-corrected chi connectivity index (χ4v) is 6.26. The second-order valence-electron chi connectivity index (χ2n) is 12.1. The molecule has 15 heteroatoms. The van der Waals surface area contributed by atoms with Gasteiger partial charge in [0.05, 0.1) is 45.0 Å². The Morgan fingerprint density at radius 3 is 2.04 bits per heavy atom. The Morgan fingerprint density at radius 2 is 1.48 bits per heavy atom. The summed E-state index contributed by atoms with van der Waals surface area (Å²) in [6, 6.07) is 22.9. The van der Waals surface area contributed by atoms with Crippen molar-refractivity contribution < 1.29 is 27.0 Å². The Kier molecular flexibility index (Phi) is 10.1. The molecule has 0 radical (unpaired) electrons. The van der Waals surface area contributed by atoms with E-state index in [1.807, 2.05) is 71.1 Å². The van der Waals surface area contributed by atoms with Crippen molar-refractivity contribution in [2.75, 3.05) is 44.4 Å². The van der Waals surface area contributed by atoms with E-state index < -0.39 is 15.7 Å². The van der Waals surface area contributed by atoms with Crippen LogP contribution < -0.4 is 24.0 Å². The first-order valence-corrected chi connectivity index (χ1v) is 18.0. The summed E-state index contributed by atoms with van der Waals surface area (Å²) in [4.78, 5) is 13.0. The first-order valence-electron chi connectivity index (χ1n) is 16.2. The zero-order valence-corrected chi connectivity index (χ0v) is 30.7. The van der Waals surface area contributed by atoms with Crippen LogP contribution in [-0.4, -0.2) is 72.6 Å². The lowest BCUT2D eigenvalue weighted by molar-refractivity contribution is 0.412. The summed E-state index contributed by atoms with van der Waals surface area (Å²) < 4.78 is 60.2. The lowest BCUT2D eigenvalue weighted by atomic mass is 10.2. The van der Waals surface area contributed by atoms with Crippen molar-refractivity contribution in [3.05, 3.63) is 108 Å². The standard InChI is InChI=1S/C37H39FN8O5S/c1-24-20-33(42-46(24)23-26-10-14-28(50-5)15-11-26)45(22-25-8-12-27(49-4)13-9-25)36-35(51-6)34(31-18-19-43(2)41-31)39-37(40-36)44(3)32-17-16-29(21-30(32)38)52(7,47)48/h8-21H,22-23H2,1-7H3. The number of methoxy groups -OCH3 is 3. The molecular formula is C37H39FN8O5S. The zero-order valence-electron chi connectivity index (χ0n) is 29.9. The molecule has 0 fully saturated rings. The van der Waals surface area contributed by atoms with Crippen LogP contribution in [0.25, 0.3) is 11.4 Å². The van der Waals surface area contributed by atoms with Gasteiger partial charge in [0, 0.05) is 38.3 Å². The predicted octanol–water partition coefficient (Wildman–Crippen LogP) is 6.10. The van der Waals surface area contributed by atoms with Gasteiger partial charge in [0.2, 0.25) is 5.95 Å². The zero-order chi connectivity index (χ0) is 37.2. The highest BCUT2D eigenvalue weighted by Crippen LogP contribution is 2.41. The first-order chi connectivity index (χ1) is 24.9. The number of hydrogen-bond donors (Lipinski definition) is 0. The first kappa shape index (κ1) is 35.9. The minimum absolute atomic E-state index is 0.0665. The van der Waals surface area contributed by atoms with Crippen LogP contribution in [0, 0.1) is 12.7 Å². The monoisotopic (exact) mass is 726 g/mol. The van der Waals surface area contributed by atoms with Gasteiger partial charge in [0.1, 0.15) is 28.7 Å². The summed E-state index contributed by atoms with van der Waals surface area (Å²) in [5, 5.41) is 9.63. The van der Waals surface area contributed by atoms with E-state index in [9.17, 15) is 8.42 Å². The summed E-state index contributed by atoms with van der Waals surface area (Å²) in [5.41, 5.74) is 3.77. The van der Waals surface area contributed by atoms with Crippen molar-refractivity contribution in [1.29, 1.82) is 0 Å². The molecule has 0 bridgehead atoms. The molecule has 0 unspecified atom stereocenters. The Labute approximate surface area is 301 Å². The van der Waals surface area contributed by atoms with Crippen LogP contribution in [0.1, 0.15) is 16.8 Å². The Bertz CT molecular complexity index is 2310. The van der Waals surface area contributed by atoms with Gasteiger partial charge in [-0.25, -0.2) is 17.8 Å². The van der Waals surface area contributed by atoms with Crippen molar-refractivity contribution >= 4 is 33.1 Å². The van der Waals surface area contributed by atoms with Crippen LogP contribution in [0.2, 0.25) is 0 Å². The molecule has 52 heavy (non-hydrogen) atoms. The molecular weight excluding hydrogens is 688 g/mol. The highest BCUT2D eigenvalue weighted by molar-refractivity contribution is 7.90. The van der Waals surface area contributed by atoms with Gasteiger partial charge in [-0.3, -0.25) is 9.36 Å². The molecule has 0 saturated heterocycles. The molecule has 270 valence electrons. The van der Waals surface area contributed by atoms with Gasteiger partial charge in [0.25, 0.3) is 0 Å². The third kappa shape index (κ3) is 7.54. The van der Waals surface area contributed by atoms with Crippen LogP contribution in [0.3, 0.4) is 0 Å². The highest BCUT2D eigenvalue weighted by atomic mass is 32.2. The van der Waals surface area contributed by atoms with E-state index in [-0.39, 0.29) is 16.5 Å². The van der Waals surface area contributed by atoms with Gasteiger partial charge >= 0.3 is 0 Å². The van der Waals surface area contributed by atoms with Crippen LogP contribution >= 0.6 is 0 Å². The number of nitrogens with zero attached hydrogens (tertiary/aromatic N) is 8. The van der Waals surface area contributed by atoms with E-state index in [4.69, 9.17) is 29.3 Å². The predicted molar refractivity (Wildman–Crippen MR) is 196 cm³/mol. The third-order valence-corrected chi connectivity index (χ3v) is 9.61. The van der Waals surface area contributed by atoms with Gasteiger partial charge in [-0.2, -0.15) is 15.2 Å². The minimum Gasteiger partial charge on any atom is -0.497 e. The van der Waals surface area contributed by atoms with Crippen molar-refractivity contribution in [2.24, 2.45) is 7.05 Å². The molecule has 0 amide bonds. The highest BCUT2D eigenvalue weighted by Gasteiger charge is 2.28. The summed E-state index contributed by atoms with van der Waals surface area (Å²) in [6.45, 7) is 2.78. The van der Waals surface area contributed by atoms with E-state index in [0.717, 1.165) is 34.9 Å². The van der Waals surface area contributed by atoms with Gasteiger partial charge in [-0.15, -0.1) is 0 Å². The Balaban J connectivity index is 1.53. The van der Waals surface area contributed by atoms with Crippen LogP contribution in [0.5, 0.6) is 17.2 Å². The second-order valence-corrected chi connectivity index (χ2v) is 14.1. The molecule has 3 aromatic carbocycles. The Hall–Kier alpha value is -5.96. The number of benzene rings is 3. The van der Waals surface area contributed by atoms with Crippen molar-refractivity contribution in [2.45, 2.75) is 24.9 Å². The molecule has 6 rings (SSSR count). The summed E-state index contributed by atoms with van der Waals surface area (Å²) in [7, 11) is 4.53. The molecule has 3 aromatic heterocycles. The molecule has 0 N–H and O–H groups in total. The second kappa shape index (κ2) is 14.7. The van der Waals surface area contributed by atoms with Crippen molar-refractivity contribution in [1.82, 2.24) is 29.5 Å². The minimum atomic E-state index is -3.64. The average molecular weight is 727 g/mol. The number of rotatable bonds is 13. The largest absolute Gasteiger partial charge is 0.497 e. The molecule has 0 spiro atoms. The molecule has 0 aliphatic rings. The fourth-order valence-electron chi connectivity index (χ4n) is 5.63. The van der Waals surface area contributed by atoms with Crippen LogP contribution in [-0.2, 0) is 30.0 Å². The maximum atomic E-state index is 15.6. The number of hydrogen-bond acceptors (Lipinski definition) is 11. The van der Waals surface area contributed by atoms with Gasteiger partial charge in [0.15, 0.2) is 27.2 Å². The Morgan fingerprint density at radius 1 is 0.827 bits per heavy atom. The average Bonchev–Trinajstić information content (AvgIpc) is 3.74. The van der Waals surface area contributed by atoms with E-state index in [2.05, 4.69) is 5.10 Å². The van der Waals surface area contributed by atoms with Crippen LogP contribution in [0.15, 0.2) is 90.0 Å². The molecule has 0 aliphatic heterocycles. The number of aromatic nitrogens is 6. The van der Waals surface area contributed by atoms with E-state index in [1.165, 1.54) is 24.1 Å². The summed E-state index contributed by atoms with van der Waals surface area (Å²) in [6.07, 6.45) is 2.81. The normalized spacial score (nSPS) is 11.4. The topological polar surface area (TPSA) is 130 Å². The number of halogens is 1. The van der Waals surface area contributed by atoms with E-state index in [0.29, 0.717) is 47.6 Å². The third-order valence-electron chi connectivity index (χ3n) is 8.50. The quantitative estimate of drug-likeness (QED) is 0.137. The lowest BCUT2D eigenvalue weighted by Gasteiger charge is -2.27. The van der Waals surface area contributed by atoms with Crippen molar-refractivity contribution in [3.8, 4) is 28.6 Å². The van der Waals surface area contributed by atoms with Crippen molar-refractivity contribution in [3.63, 3.8) is 0 Å². The SMILES string of the molecule is COc1ccc(CN(c2cc(C)n(Cc3ccc(OC)cc3)n2)c2nc(N(C)c3ccc(S(C)(=O)=O)cc3F)nc(-c3ccn(C)n3)c2OC)cc1. The summed E-state index contributed by atoms with van der Waals surface area (Å²) >= 11 is 0. The van der Waals surface area contributed by atoms with E-state index in [1.54, 1.807) is 45.3 Å². The number of aryl methyl sites for hydroxylation is 2. The van der Waals surface area contributed by atoms with E-state index >= 15 is 4.39 Å². The fraction of sp³-hybridized carbons (Fsp3) is 0.243. The number of sulfone groups is 1.